The van der Waals surface area contributed by atoms with Gasteiger partial charge in [0.25, 0.3) is 0 Å². The summed E-state index contributed by atoms with van der Waals surface area (Å²) in [5.74, 6) is 3.35. The summed E-state index contributed by atoms with van der Waals surface area (Å²) >= 11 is 0. The molecular formula is C12H22N2. The van der Waals surface area contributed by atoms with Crippen molar-refractivity contribution in [1.29, 1.82) is 5.41 Å². The van der Waals surface area contributed by atoms with Crippen molar-refractivity contribution < 1.29 is 0 Å². The van der Waals surface area contributed by atoms with E-state index < -0.39 is 0 Å². The van der Waals surface area contributed by atoms with Crippen LogP contribution in [0.4, 0.5) is 0 Å². The van der Waals surface area contributed by atoms with Gasteiger partial charge in [-0.3, -0.25) is 5.41 Å². The molecule has 1 N–H and O–H groups in total. The minimum atomic E-state index is 0.605. The number of rotatable bonds is 3. The van der Waals surface area contributed by atoms with Crippen LogP contribution in [0.1, 0.15) is 39.5 Å². The Hall–Kier alpha value is -0.530. The third-order valence-electron chi connectivity index (χ3n) is 4.19. The maximum atomic E-state index is 8.22. The summed E-state index contributed by atoms with van der Waals surface area (Å²) in [5, 5.41) is 8.22. The molecule has 2 bridgehead atoms. The van der Waals surface area contributed by atoms with E-state index in [9.17, 15) is 0 Å². The Morgan fingerprint density at radius 1 is 1.21 bits per heavy atom. The Morgan fingerprint density at radius 3 is 2.36 bits per heavy atom. The maximum Gasteiger partial charge on any atom is 0.0992 e. The van der Waals surface area contributed by atoms with E-state index in [2.05, 4.69) is 18.7 Å². The van der Waals surface area contributed by atoms with Crippen LogP contribution in [-0.2, 0) is 0 Å². The van der Waals surface area contributed by atoms with E-state index in [4.69, 9.17) is 5.41 Å². The third kappa shape index (κ3) is 1.55. The second-order valence-electron chi connectivity index (χ2n) is 4.84. The van der Waals surface area contributed by atoms with E-state index in [0.29, 0.717) is 5.92 Å². The first-order chi connectivity index (χ1) is 6.76. The molecule has 0 spiro atoms. The van der Waals surface area contributed by atoms with E-state index in [-0.39, 0.29) is 0 Å². The predicted octanol–water partition coefficient (Wildman–Crippen LogP) is 2.74. The van der Waals surface area contributed by atoms with Crippen LogP contribution in [0.2, 0.25) is 0 Å². The fraction of sp³-hybridized carbons (Fsp3) is 0.917. The van der Waals surface area contributed by atoms with Crippen LogP contribution >= 0.6 is 0 Å². The minimum absolute atomic E-state index is 0.605. The van der Waals surface area contributed by atoms with E-state index in [1.165, 1.54) is 25.7 Å². The summed E-state index contributed by atoms with van der Waals surface area (Å²) in [6.45, 7) is 6.32. The van der Waals surface area contributed by atoms with Crippen LogP contribution in [0.5, 0.6) is 0 Å². The molecule has 0 aromatic heterocycles. The van der Waals surface area contributed by atoms with Gasteiger partial charge in [-0.2, -0.15) is 0 Å². The quantitative estimate of drug-likeness (QED) is 0.543. The molecule has 2 aliphatic carbocycles. The SMILES string of the molecule is CCN(CC)C(=N)C1CC2CCC1C2. The van der Waals surface area contributed by atoms with Crippen molar-refractivity contribution in [2.45, 2.75) is 39.5 Å². The molecule has 2 rings (SSSR count). The highest BCUT2D eigenvalue weighted by atomic mass is 15.2. The average molecular weight is 194 g/mol. The Morgan fingerprint density at radius 2 is 1.93 bits per heavy atom. The molecule has 14 heavy (non-hydrogen) atoms. The third-order valence-corrected chi connectivity index (χ3v) is 4.19. The zero-order valence-corrected chi connectivity index (χ0v) is 9.42. The van der Waals surface area contributed by atoms with Crippen LogP contribution in [0, 0.1) is 23.2 Å². The van der Waals surface area contributed by atoms with Gasteiger partial charge in [0.15, 0.2) is 0 Å². The van der Waals surface area contributed by atoms with E-state index >= 15 is 0 Å². The summed E-state index contributed by atoms with van der Waals surface area (Å²) in [6.07, 6.45) is 5.54. The fourth-order valence-corrected chi connectivity index (χ4v) is 3.38. The summed E-state index contributed by atoms with van der Waals surface area (Å²) < 4.78 is 0. The second-order valence-corrected chi connectivity index (χ2v) is 4.84. The number of nitrogens with one attached hydrogen (secondary N) is 1. The highest BCUT2D eigenvalue weighted by Crippen LogP contribution is 2.48. The zero-order chi connectivity index (χ0) is 10.1. The topological polar surface area (TPSA) is 27.1 Å². The lowest BCUT2D eigenvalue weighted by Crippen LogP contribution is -2.37. The molecule has 2 fully saturated rings. The van der Waals surface area contributed by atoms with Gasteiger partial charge in [-0.25, -0.2) is 0 Å². The van der Waals surface area contributed by atoms with Crippen LogP contribution in [0.3, 0.4) is 0 Å². The monoisotopic (exact) mass is 194 g/mol. The molecule has 2 nitrogen and oxygen atoms in total. The molecule has 0 radical (unpaired) electrons. The van der Waals surface area contributed by atoms with Crippen LogP contribution < -0.4 is 0 Å². The molecule has 0 amide bonds. The lowest BCUT2D eigenvalue weighted by molar-refractivity contribution is 0.355. The molecule has 0 heterocycles. The lowest BCUT2D eigenvalue weighted by Gasteiger charge is -2.30. The van der Waals surface area contributed by atoms with E-state index in [1.54, 1.807) is 0 Å². The van der Waals surface area contributed by atoms with Crippen molar-refractivity contribution in [1.82, 2.24) is 4.90 Å². The zero-order valence-electron chi connectivity index (χ0n) is 9.42. The Bertz CT molecular complexity index is 220. The normalized spacial score (nSPS) is 34.9. The number of hydrogen-bond acceptors (Lipinski definition) is 1. The Labute approximate surface area is 87.2 Å². The number of nitrogens with zero attached hydrogens (tertiary/aromatic N) is 1. The molecular weight excluding hydrogens is 172 g/mol. The standard InChI is InChI=1S/C12H22N2/c1-3-14(4-2)12(13)11-8-9-5-6-10(11)7-9/h9-11,13H,3-8H2,1-2H3. The van der Waals surface area contributed by atoms with Gasteiger partial charge < -0.3 is 4.90 Å². The van der Waals surface area contributed by atoms with Crippen LogP contribution in [0.25, 0.3) is 0 Å². The second kappa shape index (κ2) is 3.92. The molecule has 0 aliphatic heterocycles. The fourth-order valence-electron chi connectivity index (χ4n) is 3.38. The molecule has 0 saturated heterocycles. The van der Waals surface area contributed by atoms with Gasteiger partial charge in [0.2, 0.25) is 0 Å². The van der Waals surface area contributed by atoms with Crippen molar-refractivity contribution in [3.63, 3.8) is 0 Å². The van der Waals surface area contributed by atoms with Gasteiger partial charge in [0, 0.05) is 19.0 Å². The summed E-state index contributed by atoms with van der Waals surface area (Å²) in [7, 11) is 0. The first kappa shape index (κ1) is 10.0. The van der Waals surface area contributed by atoms with Crippen molar-refractivity contribution in [3.8, 4) is 0 Å². The Kier molecular flexibility index (Phi) is 2.80. The average Bonchev–Trinajstić information content (AvgIpc) is 2.80. The van der Waals surface area contributed by atoms with Crippen molar-refractivity contribution in [2.24, 2.45) is 17.8 Å². The molecule has 2 heteroatoms. The number of amidine groups is 1. The molecule has 0 aromatic carbocycles. The van der Waals surface area contributed by atoms with Crippen LogP contribution in [0.15, 0.2) is 0 Å². The minimum Gasteiger partial charge on any atom is -0.361 e. The molecule has 3 atom stereocenters. The summed E-state index contributed by atoms with van der Waals surface area (Å²) in [5.41, 5.74) is 0. The summed E-state index contributed by atoms with van der Waals surface area (Å²) in [4.78, 5) is 2.23. The van der Waals surface area contributed by atoms with Crippen molar-refractivity contribution in [3.05, 3.63) is 0 Å². The smallest absolute Gasteiger partial charge is 0.0992 e. The largest absolute Gasteiger partial charge is 0.361 e. The van der Waals surface area contributed by atoms with Crippen LogP contribution in [-0.4, -0.2) is 23.8 Å². The molecule has 3 unspecified atom stereocenters. The van der Waals surface area contributed by atoms with Crippen molar-refractivity contribution >= 4 is 5.84 Å². The molecule has 0 aromatic rings. The van der Waals surface area contributed by atoms with Gasteiger partial charge in [-0.05, 0) is 44.9 Å². The lowest BCUT2D eigenvalue weighted by atomic mass is 9.87. The van der Waals surface area contributed by atoms with Crippen molar-refractivity contribution in [2.75, 3.05) is 13.1 Å². The maximum absolute atomic E-state index is 8.22. The van der Waals surface area contributed by atoms with Gasteiger partial charge in [-0.15, -0.1) is 0 Å². The van der Waals surface area contributed by atoms with Gasteiger partial charge in [0.1, 0.15) is 0 Å². The highest BCUT2D eigenvalue weighted by Gasteiger charge is 2.42. The summed E-state index contributed by atoms with van der Waals surface area (Å²) in [6, 6.07) is 0. The number of hydrogen-bond donors (Lipinski definition) is 1. The van der Waals surface area contributed by atoms with E-state index in [1.807, 2.05) is 0 Å². The van der Waals surface area contributed by atoms with Gasteiger partial charge >= 0.3 is 0 Å². The van der Waals surface area contributed by atoms with Gasteiger partial charge in [-0.1, -0.05) is 6.42 Å². The molecule has 2 saturated carbocycles. The first-order valence-electron chi connectivity index (χ1n) is 6.09. The van der Waals surface area contributed by atoms with E-state index in [0.717, 1.165) is 30.8 Å². The number of fused-ring (bicyclic) bond motifs is 2. The van der Waals surface area contributed by atoms with Gasteiger partial charge in [0.05, 0.1) is 5.84 Å². The molecule has 2 aliphatic rings. The first-order valence-corrected chi connectivity index (χ1v) is 6.09. The molecule has 80 valence electrons. The Balaban J connectivity index is 1.98. The highest BCUT2D eigenvalue weighted by molar-refractivity contribution is 5.82. The predicted molar refractivity (Wildman–Crippen MR) is 59.6 cm³/mol.